The largest absolute Gasteiger partial charge is 0.309 e. The maximum atomic E-state index is 13.2. The van der Waals surface area contributed by atoms with Gasteiger partial charge in [-0.05, 0) is 30.5 Å². The summed E-state index contributed by atoms with van der Waals surface area (Å²) in [6.45, 7) is 4.07. The minimum Gasteiger partial charge on any atom is -0.309 e. The molecule has 1 aromatic rings. The number of hydrogen-bond acceptors (Lipinski definition) is 2. The minimum atomic E-state index is -0.334. The van der Waals surface area contributed by atoms with E-state index in [1.165, 1.54) is 38.2 Å². The molecule has 1 N–H and O–H groups in total. The average molecular weight is 297 g/mol. The third-order valence-electron chi connectivity index (χ3n) is 4.66. The van der Waals surface area contributed by atoms with Crippen LogP contribution in [0.15, 0.2) is 18.2 Å². The maximum Gasteiger partial charge on any atom is 0.141 e. The summed E-state index contributed by atoms with van der Waals surface area (Å²) in [6.07, 6.45) is 6.62. The first-order valence-electron chi connectivity index (χ1n) is 7.58. The lowest BCUT2D eigenvalue weighted by Crippen LogP contribution is -2.60. The van der Waals surface area contributed by atoms with Crippen molar-refractivity contribution in [2.45, 2.75) is 44.2 Å². The fraction of sp³-hybridized carbons (Fsp3) is 0.625. The Bertz CT molecular complexity index is 466. The molecule has 1 saturated heterocycles. The smallest absolute Gasteiger partial charge is 0.141 e. The van der Waals surface area contributed by atoms with Gasteiger partial charge in [0.15, 0.2) is 0 Å². The minimum absolute atomic E-state index is 0.227. The molecule has 0 aromatic heterocycles. The molecule has 20 heavy (non-hydrogen) atoms. The van der Waals surface area contributed by atoms with Gasteiger partial charge in [-0.25, -0.2) is 4.39 Å². The van der Waals surface area contributed by atoms with Crippen LogP contribution >= 0.6 is 11.6 Å². The van der Waals surface area contributed by atoms with Gasteiger partial charge in [-0.15, -0.1) is 0 Å². The Balaban J connectivity index is 1.66. The van der Waals surface area contributed by atoms with Crippen molar-refractivity contribution in [2.75, 3.05) is 19.6 Å². The topological polar surface area (TPSA) is 15.3 Å². The molecule has 1 heterocycles. The molecule has 3 rings (SSSR count). The first kappa shape index (κ1) is 14.3. The Labute approximate surface area is 125 Å². The number of benzene rings is 1. The van der Waals surface area contributed by atoms with Crippen LogP contribution in [-0.4, -0.2) is 30.1 Å². The summed E-state index contributed by atoms with van der Waals surface area (Å²) >= 11 is 5.87. The number of rotatable bonds is 2. The molecule has 0 amide bonds. The second kappa shape index (κ2) is 6.00. The zero-order valence-electron chi connectivity index (χ0n) is 11.8. The molecule has 110 valence electrons. The van der Waals surface area contributed by atoms with E-state index in [1.54, 1.807) is 6.07 Å². The van der Waals surface area contributed by atoms with E-state index in [1.807, 2.05) is 6.07 Å². The molecule has 0 atom stereocenters. The monoisotopic (exact) mass is 296 g/mol. The van der Waals surface area contributed by atoms with Gasteiger partial charge < -0.3 is 5.32 Å². The number of piperazine rings is 1. The molecule has 1 aromatic carbocycles. The number of nitrogens with zero attached hydrogens (tertiary/aromatic N) is 1. The summed E-state index contributed by atoms with van der Waals surface area (Å²) in [6, 6.07) is 5.07. The van der Waals surface area contributed by atoms with E-state index in [-0.39, 0.29) is 10.8 Å². The highest BCUT2D eigenvalue weighted by atomic mass is 35.5. The SMILES string of the molecule is Fc1ccc(CN2CCNC3(CCCCC3)C2)cc1Cl. The summed E-state index contributed by atoms with van der Waals surface area (Å²) < 4.78 is 13.2. The Hall–Kier alpha value is -0.640. The fourth-order valence-electron chi connectivity index (χ4n) is 3.64. The van der Waals surface area contributed by atoms with Crippen molar-refractivity contribution in [1.29, 1.82) is 0 Å². The number of nitrogens with one attached hydrogen (secondary N) is 1. The van der Waals surface area contributed by atoms with Crippen LogP contribution in [0, 0.1) is 5.82 Å². The van der Waals surface area contributed by atoms with E-state index in [9.17, 15) is 4.39 Å². The van der Waals surface area contributed by atoms with Gasteiger partial charge in [0.1, 0.15) is 5.82 Å². The van der Waals surface area contributed by atoms with Crippen LogP contribution in [0.4, 0.5) is 4.39 Å². The first-order chi connectivity index (χ1) is 9.67. The van der Waals surface area contributed by atoms with Gasteiger partial charge in [0.2, 0.25) is 0 Å². The molecule has 4 heteroatoms. The van der Waals surface area contributed by atoms with Crippen LogP contribution in [0.3, 0.4) is 0 Å². The maximum absolute atomic E-state index is 13.2. The Morgan fingerprint density at radius 2 is 2.05 bits per heavy atom. The van der Waals surface area contributed by atoms with Gasteiger partial charge in [0.25, 0.3) is 0 Å². The molecule has 2 nitrogen and oxygen atoms in total. The van der Waals surface area contributed by atoms with Crippen molar-refractivity contribution >= 4 is 11.6 Å². The van der Waals surface area contributed by atoms with E-state index >= 15 is 0 Å². The van der Waals surface area contributed by atoms with E-state index in [0.717, 1.165) is 31.7 Å². The van der Waals surface area contributed by atoms with Crippen molar-refractivity contribution in [3.8, 4) is 0 Å². The Morgan fingerprint density at radius 1 is 1.25 bits per heavy atom. The van der Waals surface area contributed by atoms with Crippen molar-refractivity contribution in [3.63, 3.8) is 0 Å². The molecule has 1 spiro atoms. The molecule has 1 saturated carbocycles. The van der Waals surface area contributed by atoms with Crippen LogP contribution in [0.1, 0.15) is 37.7 Å². The van der Waals surface area contributed by atoms with Crippen LogP contribution < -0.4 is 5.32 Å². The standard InChI is InChI=1S/C16H22ClFN2/c17-14-10-13(4-5-15(14)18)11-20-9-8-19-16(12-20)6-2-1-3-7-16/h4-5,10,19H,1-3,6-9,11-12H2. The van der Waals surface area contributed by atoms with Gasteiger partial charge >= 0.3 is 0 Å². The van der Waals surface area contributed by atoms with Crippen molar-refractivity contribution in [2.24, 2.45) is 0 Å². The second-order valence-corrected chi connectivity index (χ2v) is 6.63. The average Bonchev–Trinajstić information content (AvgIpc) is 2.44. The zero-order valence-corrected chi connectivity index (χ0v) is 12.6. The predicted molar refractivity (Wildman–Crippen MR) is 80.5 cm³/mol. The molecule has 1 aliphatic heterocycles. The van der Waals surface area contributed by atoms with Crippen LogP contribution in [0.25, 0.3) is 0 Å². The van der Waals surface area contributed by atoms with Crippen LogP contribution in [0.5, 0.6) is 0 Å². The molecular formula is C16H22ClFN2. The normalized spacial score (nSPS) is 23.1. The molecule has 2 aliphatic rings. The van der Waals surface area contributed by atoms with Crippen molar-refractivity contribution in [1.82, 2.24) is 10.2 Å². The highest BCUT2D eigenvalue weighted by Crippen LogP contribution is 2.31. The summed E-state index contributed by atoms with van der Waals surface area (Å²) in [7, 11) is 0. The van der Waals surface area contributed by atoms with E-state index in [4.69, 9.17) is 11.6 Å². The third kappa shape index (κ3) is 3.16. The molecule has 0 radical (unpaired) electrons. The van der Waals surface area contributed by atoms with Gasteiger partial charge in [-0.1, -0.05) is 36.9 Å². The third-order valence-corrected chi connectivity index (χ3v) is 4.94. The van der Waals surface area contributed by atoms with Crippen LogP contribution in [0.2, 0.25) is 5.02 Å². The highest BCUT2D eigenvalue weighted by molar-refractivity contribution is 6.30. The quantitative estimate of drug-likeness (QED) is 0.897. The molecule has 0 unspecified atom stereocenters. The van der Waals surface area contributed by atoms with Crippen LogP contribution in [-0.2, 0) is 6.54 Å². The number of halogens is 2. The van der Waals surface area contributed by atoms with Gasteiger partial charge in [0.05, 0.1) is 5.02 Å². The summed E-state index contributed by atoms with van der Waals surface area (Å²) in [5.41, 5.74) is 1.42. The molecule has 2 fully saturated rings. The second-order valence-electron chi connectivity index (χ2n) is 6.23. The molecule has 1 aliphatic carbocycles. The predicted octanol–water partition coefficient (Wildman–Crippen LogP) is 3.59. The van der Waals surface area contributed by atoms with Gasteiger partial charge in [-0.2, -0.15) is 0 Å². The van der Waals surface area contributed by atoms with Gasteiger partial charge in [0, 0.05) is 31.7 Å². The van der Waals surface area contributed by atoms with Gasteiger partial charge in [-0.3, -0.25) is 4.90 Å². The summed E-state index contributed by atoms with van der Waals surface area (Å²) in [5.74, 6) is -0.334. The first-order valence-corrected chi connectivity index (χ1v) is 7.96. The summed E-state index contributed by atoms with van der Waals surface area (Å²) in [5, 5.41) is 3.97. The fourth-order valence-corrected chi connectivity index (χ4v) is 3.84. The summed E-state index contributed by atoms with van der Waals surface area (Å²) in [4.78, 5) is 2.48. The highest BCUT2D eigenvalue weighted by Gasteiger charge is 2.35. The number of hydrogen-bond donors (Lipinski definition) is 1. The van der Waals surface area contributed by atoms with E-state index in [2.05, 4.69) is 10.2 Å². The Morgan fingerprint density at radius 3 is 2.80 bits per heavy atom. The lowest BCUT2D eigenvalue weighted by Gasteiger charge is -2.46. The van der Waals surface area contributed by atoms with Crippen molar-refractivity contribution < 1.29 is 4.39 Å². The Kier molecular flexibility index (Phi) is 4.29. The lowest BCUT2D eigenvalue weighted by molar-refractivity contribution is 0.0945. The van der Waals surface area contributed by atoms with E-state index in [0.29, 0.717) is 5.54 Å². The molecule has 0 bridgehead atoms. The lowest BCUT2D eigenvalue weighted by atomic mass is 9.80. The van der Waals surface area contributed by atoms with E-state index < -0.39 is 0 Å². The zero-order chi connectivity index (χ0) is 14.0. The molecular weight excluding hydrogens is 275 g/mol. The van der Waals surface area contributed by atoms with Crippen molar-refractivity contribution in [3.05, 3.63) is 34.6 Å².